The van der Waals surface area contributed by atoms with Gasteiger partial charge in [-0.1, -0.05) is 18.2 Å². The van der Waals surface area contributed by atoms with Crippen molar-refractivity contribution in [2.45, 2.75) is 17.7 Å². The third-order valence-electron chi connectivity index (χ3n) is 5.96. The zero-order valence-electron chi connectivity index (χ0n) is 19.6. The monoisotopic (exact) mass is 531 g/mol. The summed E-state index contributed by atoms with van der Waals surface area (Å²) in [6.45, 7) is 7.99. The number of sulfonamides is 1. The molecule has 2 N–H and O–H groups in total. The molecule has 0 bridgehead atoms. The highest BCUT2D eigenvalue weighted by molar-refractivity contribution is 7.94. The predicted molar refractivity (Wildman–Crippen MR) is 143 cm³/mol. The van der Waals surface area contributed by atoms with Crippen LogP contribution in [0.25, 0.3) is 21.6 Å². The quantitative estimate of drug-likeness (QED) is 0.301. The first-order chi connectivity index (χ1) is 17.1. The third kappa shape index (κ3) is 5.30. The lowest BCUT2D eigenvalue weighted by Gasteiger charge is -2.26. The summed E-state index contributed by atoms with van der Waals surface area (Å²) in [6.07, 6.45) is 1.95. The Labute approximate surface area is 213 Å². The van der Waals surface area contributed by atoms with Gasteiger partial charge in [0, 0.05) is 55.8 Å². The van der Waals surface area contributed by atoms with Gasteiger partial charge in [0.2, 0.25) is 0 Å². The highest BCUT2D eigenvalue weighted by atomic mass is 32.2. The highest BCUT2D eigenvalue weighted by Crippen LogP contribution is 2.35. The Morgan fingerprint density at radius 2 is 2.06 bits per heavy atom. The fourth-order valence-electron chi connectivity index (χ4n) is 4.24. The Morgan fingerprint density at radius 1 is 1.20 bits per heavy atom. The first-order valence-electron chi connectivity index (χ1n) is 11.7. The van der Waals surface area contributed by atoms with Crippen LogP contribution in [0.3, 0.4) is 0 Å². The van der Waals surface area contributed by atoms with Crippen LogP contribution in [0.1, 0.15) is 11.8 Å². The summed E-state index contributed by atoms with van der Waals surface area (Å²) in [4.78, 5) is 11.8. The average Bonchev–Trinajstić information content (AvgIpc) is 3.63. The number of H-pyrrole nitrogens is 1. The Hall–Kier alpha value is -2.28. The van der Waals surface area contributed by atoms with Crippen LogP contribution in [0.4, 0.5) is 5.69 Å². The molecule has 4 aromatic rings. The fourth-order valence-corrected chi connectivity index (χ4v) is 7.73. The topological polar surface area (TPSA) is 90.6 Å². The van der Waals surface area contributed by atoms with Crippen LogP contribution in [0, 0.1) is 0 Å². The Kier molecular flexibility index (Phi) is 7.51. The molecular formula is C24H29N5O3S3. The molecule has 0 radical (unpaired) electrons. The Bertz CT molecular complexity index is 1360. The number of aromatic nitrogens is 2. The van der Waals surface area contributed by atoms with E-state index in [1.807, 2.05) is 37.4 Å². The molecular weight excluding hydrogens is 502 g/mol. The minimum atomic E-state index is -3.72. The van der Waals surface area contributed by atoms with Gasteiger partial charge >= 0.3 is 0 Å². The van der Waals surface area contributed by atoms with Crippen molar-refractivity contribution < 1.29 is 13.2 Å². The molecule has 186 valence electrons. The lowest BCUT2D eigenvalue weighted by atomic mass is 10.2. The normalized spacial score (nSPS) is 15.1. The van der Waals surface area contributed by atoms with E-state index in [0.717, 1.165) is 54.3 Å². The SMILES string of the molecule is CCOCCN(c1cccc2cc(-c3ncc(CN4CCNCC4)s3)[nH]c12)S(=O)(=O)c1cccs1. The maximum Gasteiger partial charge on any atom is 0.273 e. The summed E-state index contributed by atoms with van der Waals surface area (Å²) in [6, 6.07) is 11.2. The summed E-state index contributed by atoms with van der Waals surface area (Å²) in [7, 11) is -3.72. The molecule has 3 aromatic heterocycles. The molecule has 0 unspecified atom stereocenters. The number of anilines is 1. The second-order valence-corrected chi connectivity index (χ2v) is 12.4. The second-order valence-electron chi connectivity index (χ2n) is 8.29. The van der Waals surface area contributed by atoms with Crippen LogP contribution in [-0.2, 0) is 21.3 Å². The highest BCUT2D eigenvalue weighted by Gasteiger charge is 2.28. The molecule has 0 spiro atoms. The molecule has 4 heterocycles. The fraction of sp³-hybridized carbons (Fsp3) is 0.375. The van der Waals surface area contributed by atoms with Crippen LogP contribution in [0.2, 0.25) is 0 Å². The van der Waals surface area contributed by atoms with E-state index in [2.05, 4.69) is 20.2 Å². The number of hydrogen-bond donors (Lipinski definition) is 2. The molecule has 5 rings (SSSR count). The molecule has 0 saturated carbocycles. The van der Waals surface area contributed by atoms with Crippen molar-refractivity contribution >= 4 is 49.3 Å². The van der Waals surface area contributed by atoms with Crippen LogP contribution < -0.4 is 9.62 Å². The van der Waals surface area contributed by atoms with Gasteiger partial charge in [-0.15, -0.1) is 22.7 Å². The lowest BCUT2D eigenvalue weighted by molar-refractivity contribution is 0.156. The van der Waals surface area contributed by atoms with Crippen molar-refractivity contribution in [3.8, 4) is 10.7 Å². The number of hydrogen-bond acceptors (Lipinski definition) is 8. The molecule has 0 atom stereocenters. The van der Waals surface area contributed by atoms with E-state index < -0.39 is 10.0 Å². The van der Waals surface area contributed by atoms with Gasteiger partial charge < -0.3 is 15.0 Å². The smallest absolute Gasteiger partial charge is 0.273 e. The molecule has 1 aliphatic rings. The van der Waals surface area contributed by atoms with E-state index >= 15 is 0 Å². The van der Waals surface area contributed by atoms with Gasteiger partial charge in [0.05, 0.1) is 30.0 Å². The van der Waals surface area contributed by atoms with Gasteiger partial charge in [0.25, 0.3) is 10.0 Å². The van der Waals surface area contributed by atoms with Gasteiger partial charge in [-0.2, -0.15) is 0 Å². The van der Waals surface area contributed by atoms with Gasteiger partial charge in [0.15, 0.2) is 0 Å². The number of para-hydroxylation sites is 1. The largest absolute Gasteiger partial charge is 0.380 e. The molecule has 1 aromatic carbocycles. The van der Waals surface area contributed by atoms with Gasteiger partial charge in [-0.05, 0) is 30.5 Å². The first kappa shape index (κ1) is 24.4. The van der Waals surface area contributed by atoms with Crippen molar-refractivity contribution in [1.82, 2.24) is 20.2 Å². The molecule has 35 heavy (non-hydrogen) atoms. The molecule has 1 aliphatic heterocycles. The Balaban J connectivity index is 1.47. The minimum absolute atomic E-state index is 0.230. The van der Waals surface area contributed by atoms with Crippen molar-refractivity contribution in [3.05, 3.63) is 52.9 Å². The number of piperazine rings is 1. The summed E-state index contributed by atoms with van der Waals surface area (Å²) in [5, 5.41) is 7.01. The van der Waals surface area contributed by atoms with Crippen LogP contribution in [-0.4, -0.2) is 69.2 Å². The molecule has 1 saturated heterocycles. The number of nitrogens with one attached hydrogen (secondary N) is 2. The van der Waals surface area contributed by atoms with Gasteiger partial charge in [-0.25, -0.2) is 13.4 Å². The number of ether oxygens (including phenoxy) is 1. The van der Waals surface area contributed by atoms with Crippen LogP contribution in [0.15, 0.2) is 52.2 Å². The van der Waals surface area contributed by atoms with E-state index in [1.165, 1.54) is 20.5 Å². The van der Waals surface area contributed by atoms with Crippen LogP contribution >= 0.6 is 22.7 Å². The molecule has 0 amide bonds. The summed E-state index contributed by atoms with van der Waals surface area (Å²) < 4.78 is 34.4. The summed E-state index contributed by atoms with van der Waals surface area (Å²) >= 11 is 2.89. The van der Waals surface area contributed by atoms with Gasteiger partial charge in [-0.3, -0.25) is 9.21 Å². The van der Waals surface area contributed by atoms with E-state index in [4.69, 9.17) is 4.74 Å². The van der Waals surface area contributed by atoms with Gasteiger partial charge in [0.1, 0.15) is 9.22 Å². The maximum atomic E-state index is 13.5. The standard InChI is InChI=1S/C24H29N5O3S3/c1-2-32-13-12-29(35(30,31)22-7-4-14-33-22)21-6-3-5-18-15-20(27-23(18)21)24-26-16-19(34-24)17-28-10-8-25-9-11-28/h3-7,14-16,25,27H,2,8-13,17H2,1H3. The second kappa shape index (κ2) is 10.8. The maximum absolute atomic E-state index is 13.5. The number of aromatic amines is 1. The van der Waals surface area contributed by atoms with Crippen molar-refractivity contribution in [1.29, 1.82) is 0 Å². The minimum Gasteiger partial charge on any atom is -0.380 e. The van der Waals surface area contributed by atoms with Crippen LogP contribution in [0.5, 0.6) is 0 Å². The zero-order valence-corrected chi connectivity index (χ0v) is 22.0. The predicted octanol–water partition coefficient (Wildman–Crippen LogP) is 3.99. The molecule has 0 aliphatic carbocycles. The summed E-state index contributed by atoms with van der Waals surface area (Å²) in [5.41, 5.74) is 2.28. The number of rotatable bonds is 10. The van der Waals surface area contributed by atoms with E-state index in [-0.39, 0.29) is 6.54 Å². The lowest BCUT2D eigenvalue weighted by Crippen LogP contribution is -2.42. The molecule has 1 fully saturated rings. The number of thiazole rings is 1. The van der Waals surface area contributed by atoms with Crippen molar-refractivity contribution in [2.75, 3.05) is 50.2 Å². The van der Waals surface area contributed by atoms with E-state index in [1.54, 1.807) is 28.8 Å². The number of benzene rings is 1. The van der Waals surface area contributed by atoms with E-state index in [0.29, 0.717) is 23.1 Å². The van der Waals surface area contributed by atoms with Crippen molar-refractivity contribution in [3.63, 3.8) is 0 Å². The number of nitrogens with zero attached hydrogens (tertiary/aromatic N) is 3. The zero-order chi connectivity index (χ0) is 24.3. The Morgan fingerprint density at radius 3 is 2.83 bits per heavy atom. The third-order valence-corrected chi connectivity index (χ3v) is 10.2. The number of thiophene rings is 1. The average molecular weight is 532 g/mol. The first-order valence-corrected chi connectivity index (χ1v) is 14.8. The molecule has 11 heteroatoms. The number of fused-ring (bicyclic) bond motifs is 1. The summed E-state index contributed by atoms with van der Waals surface area (Å²) in [5.74, 6) is 0. The van der Waals surface area contributed by atoms with E-state index in [9.17, 15) is 8.42 Å². The molecule has 8 nitrogen and oxygen atoms in total. The van der Waals surface area contributed by atoms with Crippen molar-refractivity contribution in [2.24, 2.45) is 0 Å².